The van der Waals surface area contributed by atoms with Gasteiger partial charge in [-0.25, -0.2) is 0 Å². The zero-order valence-corrected chi connectivity index (χ0v) is 9.96. The quantitative estimate of drug-likeness (QED) is 0.876. The van der Waals surface area contributed by atoms with E-state index in [1.54, 1.807) is 29.5 Å². The van der Waals surface area contributed by atoms with E-state index in [1.807, 2.05) is 6.07 Å². The molecule has 0 aliphatic carbocycles. The summed E-state index contributed by atoms with van der Waals surface area (Å²) in [6.45, 7) is 2.71. The van der Waals surface area contributed by atoms with Gasteiger partial charge in [-0.3, -0.25) is 0 Å². The monoisotopic (exact) mass is 234 g/mol. The fourth-order valence-electron chi connectivity index (χ4n) is 1.42. The van der Waals surface area contributed by atoms with Gasteiger partial charge in [-0.05, 0) is 30.7 Å². The van der Waals surface area contributed by atoms with Gasteiger partial charge >= 0.3 is 0 Å². The molecule has 0 aliphatic heterocycles. The highest BCUT2D eigenvalue weighted by molar-refractivity contribution is 7.11. The summed E-state index contributed by atoms with van der Waals surface area (Å²) in [5.41, 5.74) is 0. The molecule has 2 aromatic rings. The molecule has 0 saturated carbocycles. The summed E-state index contributed by atoms with van der Waals surface area (Å²) in [7, 11) is 0. The first kappa shape index (κ1) is 11.0. The number of ether oxygens (including phenoxy) is 1. The van der Waals surface area contributed by atoms with Crippen LogP contribution in [0.15, 0.2) is 36.4 Å². The number of aromatic hydroxyl groups is 1. The van der Waals surface area contributed by atoms with Crippen molar-refractivity contribution in [3.05, 3.63) is 46.2 Å². The van der Waals surface area contributed by atoms with Gasteiger partial charge in [0.1, 0.15) is 18.1 Å². The molecule has 0 saturated heterocycles. The maximum Gasteiger partial charge on any atom is 0.123 e. The third kappa shape index (κ3) is 2.76. The van der Waals surface area contributed by atoms with E-state index in [9.17, 15) is 5.11 Å². The highest BCUT2D eigenvalue weighted by Crippen LogP contribution is 2.21. The molecular weight excluding hydrogens is 220 g/mol. The maximum absolute atomic E-state index is 9.28. The minimum absolute atomic E-state index is 0.234. The van der Waals surface area contributed by atoms with Crippen LogP contribution in [0.5, 0.6) is 11.5 Å². The van der Waals surface area contributed by atoms with Crippen molar-refractivity contribution in [2.45, 2.75) is 20.0 Å². The summed E-state index contributed by atoms with van der Waals surface area (Å²) < 4.78 is 5.58. The van der Waals surface area contributed by atoms with Gasteiger partial charge in [-0.1, -0.05) is 13.0 Å². The second kappa shape index (κ2) is 5.03. The zero-order chi connectivity index (χ0) is 11.4. The molecule has 1 heterocycles. The molecule has 0 aliphatic rings. The van der Waals surface area contributed by atoms with Gasteiger partial charge in [0, 0.05) is 15.8 Å². The number of benzene rings is 1. The van der Waals surface area contributed by atoms with Gasteiger partial charge < -0.3 is 9.84 Å². The first-order valence-electron chi connectivity index (χ1n) is 5.27. The highest BCUT2D eigenvalue weighted by atomic mass is 32.1. The fourth-order valence-corrected chi connectivity index (χ4v) is 2.29. The molecule has 0 fully saturated rings. The number of rotatable bonds is 4. The van der Waals surface area contributed by atoms with Crippen LogP contribution in [-0.2, 0) is 13.0 Å². The van der Waals surface area contributed by atoms with E-state index in [0.29, 0.717) is 12.4 Å². The molecule has 0 radical (unpaired) electrons. The lowest BCUT2D eigenvalue weighted by Crippen LogP contribution is -1.91. The summed E-state index contributed by atoms with van der Waals surface area (Å²) >= 11 is 1.77. The largest absolute Gasteiger partial charge is 0.508 e. The molecule has 0 spiro atoms. The first-order chi connectivity index (χ1) is 7.78. The summed E-state index contributed by atoms with van der Waals surface area (Å²) in [6.07, 6.45) is 1.07. The third-order valence-electron chi connectivity index (χ3n) is 2.26. The Morgan fingerprint density at radius 3 is 2.69 bits per heavy atom. The van der Waals surface area contributed by atoms with Crippen molar-refractivity contribution < 1.29 is 9.84 Å². The van der Waals surface area contributed by atoms with Gasteiger partial charge in [0.2, 0.25) is 0 Å². The molecule has 0 atom stereocenters. The average Bonchev–Trinajstić information content (AvgIpc) is 2.74. The Labute approximate surface area is 99.1 Å². The number of phenols is 1. The van der Waals surface area contributed by atoms with Crippen LogP contribution in [0.25, 0.3) is 0 Å². The molecule has 2 nitrogen and oxygen atoms in total. The van der Waals surface area contributed by atoms with Crippen molar-refractivity contribution in [3.63, 3.8) is 0 Å². The normalized spacial score (nSPS) is 10.3. The Kier molecular flexibility index (Phi) is 3.47. The van der Waals surface area contributed by atoms with E-state index in [-0.39, 0.29) is 5.75 Å². The van der Waals surface area contributed by atoms with Crippen molar-refractivity contribution >= 4 is 11.3 Å². The molecule has 1 N–H and O–H groups in total. The lowest BCUT2D eigenvalue weighted by atomic mass is 10.3. The number of thiophene rings is 1. The van der Waals surface area contributed by atoms with Crippen LogP contribution in [0.1, 0.15) is 16.7 Å². The summed E-state index contributed by atoms with van der Waals surface area (Å²) in [5, 5.41) is 9.28. The van der Waals surface area contributed by atoms with E-state index in [2.05, 4.69) is 19.1 Å². The second-order valence-corrected chi connectivity index (χ2v) is 4.76. The fraction of sp³-hybridized carbons (Fsp3) is 0.231. The minimum Gasteiger partial charge on any atom is -0.508 e. The predicted molar refractivity (Wildman–Crippen MR) is 66.1 cm³/mol. The van der Waals surface area contributed by atoms with Gasteiger partial charge in [0.15, 0.2) is 0 Å². The summed E-state index contributed by atoms with van der Waals surface area (Å²) in [4.78, 5) is 2.58. The molecule has 0 amide bonds. The molecule has 16 heavy (non-hydrogen) atoms. The average molecular weight is 234 g/mol. The van der Waals surface area contributed by atoms with Gasteiger partial charge in [-0.2, -0.15) is 0 Å². The van der Waals surface area contributed by atoms with Crippen LogP contribution in [-0.4, -0.2) is 5.11 Å². The van der Waals surface area contributed by atoms with Crippen molar-refractivity contribution in [1.29, 1.82) is 0 Å². The van der Waals surface area contributed by atoms with Crippen LogP contribution in [0.4, 0.5) is 0 Å². The summed E-state index contributed by atoms with van der Waals surface area (Å²) in [5.74, 6) is 0.935. The van der Waals surface area contributed by atoms with E-state index in [4.69, 9.17) is 4.74 Å². The summed E-state index contributed by atoms with van der Waals surface area (Å²) in [6, 6.07) is 11.1. The van der Waals surface area contributed by atoms with E-state index < -0.39 is 0 Å². The van der Waals surface area contributed by atoms with Gasteiger partial charge in [0.05, 0.1) is 0 Å². The highest BCUT2D eigenvalue weighted by Gasteiger charge is 2.00. The van der Waals surface area contributed by atoms with Crippen LogP contribution < -0.4 is 4.74 Å². The SMILES string of the molecule is CCc1ccc(COc2cccc(O)c2)s1. The first-order valence-corrected chi connectivity index (χ1v) is 6.09. The zero-order valence-electron chi connectivity index (χ0n) is 9.14. The molecule has 2 rings (SSSR count). The number of aryl methyl sites for hydroxylation is 1. The van der Waals surface area contributed by atoms with Crippen molar-refractivity contribution in [1.82, 2.24) is 0 Å². The number of hydrogen-bond acceptors (Lipinski definition) is 3. The van der Waals surface area contributed by atoms with E-state index in [0.717, 1.165) is 6.42 Å². The Hall–Kier alpha value is -1.48. The topological polar surface area (TPSA) is 29.5 Å². The van der Waals surface area contributed by atoms with Crippen molar-refractivity contribution in [2.75, 3.05) is 0 Å². The Bertz CT molecular complexity index is 462. The Morgan fingerprint density at radius 2 is 2.00 bits per heavy atom. The van der Waals surface area contributed by atoms with E-state index >= 15 is 0 Å². The smallest absolute Gasteiger partial charge is 0.123 e. The standard InChI is InChI=1S/C13H14O2S/c1-2-12-6-7-13(16-12)9-15-11-5-3-4-10(14)8-11/h3-8,14H,2,9H2,1H3. The van der Waals surface area contributed by atoms with Crippen molar-refractivity contribution in [2.24, 2.45) is 0 Å². The Balaban J connectivity index is 1.96. The van der Waals surface area contributed by atoms with Crippen molar-refractivity contribution in [3.8, 4) is 11.5 Å². The molecule has 1 aromatic carbocycles. The lowest BCUT2D eigenvalue weighted by molar-refractivity contribution is 0.308. The molecule has 3 heteroatoms. The number of phenolic OH excluding ortho intramolecular Hbond substituents is 1. The second-order valence-electron chi connectivity index (χ2n) is 3.51. The van der Waals surface area contributed by atoms with Crippen LogP contribution in [0, 0.1) is 0 Å². The molecular formula is C13H14O2S. The van der Waals surface area contributed by atoms with Crippen LogP contribution in [0.2, 0.25) is 0 Å². The van der Waals surface area contributed by atoms with Gasteiger partial charge in [-0.15, -0.1) is 11.3 Å². The molecule has 1 aromatic heterocycles. The van der Waals surface area contributed by atoms with E-state index in [1.165, 1.54) is 9.75 Å². The molecule has 0 bridgehead atoms. The predicted octanol–water partition coefficient (Wildman–Crippen LogP) is 3.60. The maximum atomic E-state index is 9.28. The number of hydrogen-bond donors (Lipinski definition) is 1. The third-order valence-corrected chi connectivity index (χ3v) is 3.47. The van der Waals surface area contributed by atoms with Crippen LogP contribution in [0.3, 0.4) is 0 Å². The molecule has 0 unspecified atom stereocenters. The molecule has 84 valence electrons. The lowest BCUT2D eigenvalue weighted by Gasteiger charge is -2.04. The Morgan fingerprint density at radius 1 is 1.19 bits per heavy atom. The van der Waals surface area contributed by atoms with Crippen LogP contribution >= 0.6 is 11.3 Å². The van der Waals surface area contributed by atoms with Gasteiger partial charge in [0.25, 0.3) is 0 Å². The minimum atomic E-state index is 0.234.